The minimum Gasteiger partial charge on any atom is -0.486 e. The number of esters is 1. The molecule has 0 saturated carbocycles. The average molecular weight is 360 g/mol. The molecule has 21 heavy (non-hydrogen) atoms. The van der Waals surface area contributed by atoms with Gasteiger partial charge in [0, 0.05) is 13.7 Å². The molecular formula is C14H18BrNO5. The van der Waals surface area contributed by atoms with Crippen molar-refractivity contribution in [3.05, 3.63) is 22.2 Å². The van der Waals surface area contributed by atoms with Crippen LogP contribution in [0.25, 0.3) is 0 Å². The Labute approximate surface area is 131 Å². The fourth-order valence-electron chi connectivity index (χ4n) is 2.06. The lowest BCUT2D eigenvalue weighted by molar-refractivity contribution is -0.143. The highest BCUT2D eigenvalue weighted by atomic mass is 79.9. The van der Waals surface area contributed by atoms with Crippen molar-refractivity contribution in [1.82, 2.24) is 5.32 Å². The standard InChI is InChI=1S/C14H18BrNO5/c1-18-4-3-16-12(14(17)19-2)9-7-10(15)13-11(8-9)20-5-6-21-13/h7-8,12,16H,3-6H2,1-2H3. The first kappa shape index (κ1) is 16.1. The van der Waals surface area contributed by atoms with Gasteiger partial charge in [-0.1, -0.05) is 0 Å². The Morgan fingerprint density at radius 1 is 1.38 bits per heavy atom. The van der Waals surface area contributed by atoms with Gasteiger partial charge in [0.25, 0.3) is 0 Å². The van der Waals surface area contributed by atoms with Crippen molar-refractivity contribution in [3.8, 4) is 11.5 Å². The first-order valence-corrected chi connectivity index (χ1v) is 7.36. The van der Waals surface area contributed by atoms with E-state index < -0.39 is 6.04 Å². The van der Waals surface area contributed by atoms with E-state index >= 15 is 0 Å². The SMILES string of the molecule is COCCNC(C(=O)OC)c1cc(Br)c2c(c1)OCCO2. The quantitative estimate of drug-likeness (QED) is 0.615. The van der Waals surface area contributed by atoms with E-state index in [0.29, 0.717) is 37.9 Å². The smallest absolute Gasteiger partial charge is 0.327 e. The molecule has 0 amide bonds. The Morgan fingerprint density at radius 2 is 2.14 bits per heavy atom. The van der Waals surface area contributed by atoms with Gasteiger partial charge in [-0.3, -0.25) is 5.32 Å². The molecule has 1 aromatic carbocycles. The van der Waals surface area contributed by atoms with E-state index in [4.69, 9.17) is 18.9 Å². The number of halogens is 1. The summed E-state index contributed by atoms with van der Waals surface area (Å²) in [6.07, 6.45) is 0. The van der Waals surface area contributed by atoms with Crippen LogP contribution in [0.4, 0.5) is 0 Å². The maximum atomic E-state index is 12.0. The molecule has 1 heterocycles. The maximum Gasteiger partial charge on any atom is 0.327 e. The normalized spacial score (nSPS) is 14.6. The number of benzene rings is 1. The van der Waals surface area contributed by atoms with Gasteiger partial charge in [-0.2, -0.15) is 0 Å². The van der Waals surface area contributed by atoms with E-state index in [9.17, 15) is 4.79 Å². The van der Waals surface area contributed by atoms with Crippen molar-refractivity contribution in [2.75, 3.05) is 40.6 Å². The van der Waals surface area contributed by atoms with Gasteiger partial charge in [0.05, 0.1) is 18.2 Å². The number of hydrogen-bond donors (Lipinski definition) is 1. The zero-order chi connectivity index (χ0) is 15.2. The molecule has 0 aliphatic carbocycles. The minimum atomic E-state index is -0.586. The fourth-order valence-corrected chi connectivity index (χ4v) is 2.63. The molecule has 2 rings (SSSR count). The molecule has 1 aliphatic rings. The molecule has 0 bridgehead atoms. The summed E-state index contributed by atoms with van der Waals surface area (Å²) in [5.74, 6) is 0.910. The molecule has 0 fully saturated rings. The number of nitrogens with one attached hydrogen (secondary N) is 1. The Bertz CT molecular complexity index is 508. The predicted octanol–water partition coefficient (Wildman–Crippen LogP) is 1.67. The van der Waals surface area contributed by atoms with E-state index in [1.54, 1.807) is 13.2 Å². The molecule has 0 saturated heterocycles. The molecule has 7 heteroatoms. The van der Waals surface area contributed by atoms with Crippen LogP contribution in [0.5, 0.6) is 11.5 Å². The number of carbonyl (C=O) groups is 1. The molecular weight excluding hydrogens is 342 g/mol. The summed E-state index contributed by atoms with van der Waals surface area (Å²) in [5, 5.41) is 3.10. The first-order valence-electron chi connectivity index (χ1n) is 6.56. The van der Waals surface area contributed by atoms with Crippen LogP contribution in [-0.4, -0.2) is 46.6 Å². The summed E-state index contributed by atoms with van der Waals surface area (Å²) < 4.78 is 21.7. The second-order valence-corrected chi connectivity index (χ2v) is 5.28. The highest BCUT2D eigenvalue weighted by Gasteiger charge is 2.25. The third-order valence-electron chi connectivity index (χ3n) is 3.04. The molecule has 1 aromatic rings. The van der Waals surface area contributed by atoms with E-state index in [2.05, 4.69) is 21.2 Å². The summed E-state index contributed by atoms with van der Waals surface area (Å²) in [4.78, 5) is 12.0. The van der Waals surface area contributed by atoms with Crippen LogP contribution in [0.15, 0.2) is 16.6 Å². The lowest BCUT2D eigenvalue weighted by atomic mass is 10.1. The molecule has 6 nitrogen and oxygen atoms in total. The van der Waals surface area contributed by atoms with Crippen LogP contribution in [0.2, 0.25) is 0 Å². The van der Waals surface area contributed by atoms with Gasteiger partial charge in [0.15, 0.2) is 11.5 Å². The number of rotatable bonds is 6. The van der Waals surface area contributed by atoms with Gasteiger partial charge in [-0.05, 0) is 33.6 Å². The van der Waals surface area contributed by atoms with Crippen LogP contribution < -0.4 is 14.8 Å². The molecule has 1 aliphatic heterocycles. The number of ether oxygens (including phenoxy) is 4. The second-order valence-electron chi connectivity index (χ2n) is 4.43. The predicted molar refractivity (Wildman–Crippen MR) is 79.8 cm³/mol. The van der Waals surface area contributed by atoms with E-state index in [1.807, 2.05) is 6.07 Å². The Balaban J connectivity index is 2.26. The summed E-state index contributed by atoms with van der Waals surface area (Å²) in [7, 11) is 2.97. The lowest BCUT2D eigenvalue weighted by Crippen LogP contribution is -2.32. The van der Waals surface area contributed by atoms with Gasteiger partial charge in [-0.25, -0.2) is 4.79 Å². The van der Waals surface area contributed by atoms with E-state index in [0.717, 1.165) is 10.0 Å². The number of carbonyl (C=O) groups excluding carboxylic acids is 1. The molecule has 1 atom stereocenters. The third kappa shape index (κ3) is 3.87. The highest BCUT2D eigenvalue weighted by Crippen LogP contribution is 2.40. The van der Waals surface area contributed by atoms with Crippen molar-refractivity contribution in [2.45, 2.75) is 6.04 Å². The minimum absolute atomic E-state index is 0.366. The average Bonchev–Trinajstić information content (AvgIpc) is 2.51. The van der Waals surface area contributed by atoms with Crippen LogP contribution in [0, 0.1) is 0 Å². The fraction of sp³-hybridized carbons (Fsp3) is 0.500. The zero-order valence-electron chi connectivity index (χ0n) is 12.0. The van der Waals surface area contributed by atoms with Gasteiger partial charge in [0.2, 0.25) is 0 Å². The summed E-state index contributed by atoms with van der Waals surface area (Å²) in [5.41, 5.74) is 0.745. The van der Waals surface area contributed by atoms with Crippen LogP contribution in [0.3, 0.4) is 0 Å². The van der Waals surface area contributed by atoms with Gasteiger partial charge >= 0.3 is 5.97 Å². The third-order valence-corrected chi connectivity index (χ3v) is 3.63. The van der Waals surface area contributed by atoms with Crippen molar-refractivity contribution in [3.63, 3.8) is 0 Å². The summed E-state index contributed by atoms with van der Waals surface area (Å²) in [6.45, 7) is 2.03. The molecule has 1 unspecified atom stereocenters. The maximum absolute atomic E-state index is 12.0. The highest BCUT2D eigenvalue weighted by molar-refractivity contribution is 9.10. The summed E-state index contributed by atoms with van der Waals surface area (Å²) in [6, 6.07) is 3.03. The molecule has 0 aromatic heterocycles. The Hall–Kier alpha value is -1.31. The van der Waals surface area contributed by atoms with Gasteiger partial charge < -0.3 is 18.9 Å². The van der Waals surface area contributed by atoms with Gasteiger partial charge in [-0.15, -0.1) is 0 Å². The Kier molecular flexibility index (Phi) is 5.84. The van der Waals surface area contributed by atoms with E-state index in [1.165, 1.54) is 7.11 Å². The van der Waals surface area contributed by atoms with Crippen molar-refractivity contribution < 1.29 is 23.7 Å². The van der Waals surface area contributed by atoms with Crippen molar-refractivity contribution in [1.29, 1.82) is 0 Å². The molecule has 1 N–H and O–H groups in total. The number of fused-ring (bicyclic) bond motifs is 1. The molecule has 0 radical (unpaired) electrons. The van der Waals surface area contributed by atoms with Crippen LogP contribution in [0.1, 0.15) is 11.6 Å². The zero-order valence-corrected chi connectivity index (χ0v) is 13.6. The lowest BCUT2D eigenvalue weighted by Gasteiger charge is -2.23. The Morgan fingerprint density at radius 3 is 2.86 bits per heavy atom. The second kappa shape index (κ2) is 7.63. The monoisotopic (exact) mass is 359 g/mol. The first-order chi connectivity index (χ1) is 10.2. The van der Waals surface area contributed by atoms with Crippen LogP contribution >= 0.6 is 15.9 Å². The van der Waals surface area contributed by atoms with Crippen molar-refractivity contribution >= 4 is 21.9 Å². The number of hydrogen-bond acceptors (Lipinski definition) is 6. The molecule has 116 valence electrons. The number of methoxy groups -OCH3 is 2. The van der Waals surface area contributed by atoms with E-state index in [-0.39, 0.29) is 5.97 Å². The van der Waals surface area contributed by atoms with Crippen molar-refractivity contribution in [2.24, 2.45) is 0 Å². The summed E-state index contributed by atoms with van der Waals surface area (Å²) >= 11 is 3.44. The molecule has 0 spiro atoms. The topological polar surface area (TPSA) is 66.0 Å². The van der Waals surface area contributed by atoms with Crippen LogP contribution in [-0.2, 0) is 14.3 Å². The largest absolute Gasteiger partial charge is 0.486 e. The van der Waals surface area contributed by atoms with Gasteiger partial charge in [0.1, 0.15) is 19.3 Å².